The van der Waals surface area contributed by atoms with Crippen molar-refractivity contribution in [2.45, 2.75) is 27.2 Å². The number of nitrogens with one attached hydrogen (secondary N) is 2. The average molecular weight is 278 g/mol. The summed E-state index contributed by atoms with van der Waals surface area (Å²) in [7, 11) is 0. The Bertz CT molecular complexity index is 388. The van der Waals surface area contributed by atoms with Crippen molar-refractivity contribution in [1.29, 1.82) is 0 Å². The molecule has 0 aliphatic carbocycles. The van der Waals surface area contributed by atoms with Gasteiger partial charge in [-0.1, -0.05) is 20.8 Å². The van der Waals surface area contributed by atoms with Gasteiger partial charge in [0.05, 0.1) is 6.61 Å². The Morgan fingerprint density at radius 3 is 2.45 bits per heavy atom. The van der Waals surface area contributed by atoms with Gasteiger partial charge in [0.2, 0.25) is 0 Å². The van der Waals surface area contributed by atoms with Crippen LogP contribution in [-0.4, -0.2) is 32.1 Å². The van der Waals surface area contributed by atoms with Crippen LogP contribution in [0.2, 0.25) is 0 Å². The van der Waals surface area contributed by atoms with Crippen molar-refractivity contribution in [3.8, 4) is 5.75 Å². The molecule has 0 radical (unpaired) electrons. The largest absolute Gasteiger partial charge is 0.493 e. The molecule has 0 bridgehead atoms. The van der Waals surface area contributed by atoms with E-state index in [4.69, 9.17) is 4.74 Å². The first-order chi connectivity index (χ1) is 9.63. The SMILES string of the molecule is CCCNCCNC(=O)c1ccc(OCC(C)C)cc1. The van der Waals surface area contributed by atoms with Gasteiger partial charge in [0.25, 0.3) is 5.91 Å². The number of carbonyl (C=O) groups excluding carboxylic acids is 1. The minimum atomic E-state index is -0.0429. The second-order valence-corrected chi connectivity index (χ2v) is 5.24. The fraction of sp³-hybridized carbons (Fsp3) is 0.562. The van der Waals surface area contributed by atoms with Crippen LogP contribution < -0.4 is 15.4 Å². The van der Waals surface area contributed by atoms with E-state index in [1.54, 1.807) is 12.1 Å². The highest BCUT2D eigenvalue weighted by atomic mass is 16.5. The highest BCUT2D eigenvalue weighted by molar-refractivity contribution is 5.94. The molecule has 20 heavy (non-hydrogen) atoms. The summed E-state index contributed by atoms with van der Waals surface area (Å²) in [6, 6.07) is 7.27. The second kappa shape index (κ2) is 9.37. The number of benzene rings is 1. The molecule has 0 unspecified atom stereocenters. The Morgan fingerprint density at radius 2 is 1.85 bits per heavy atom. The third-order valence-electron chi connectivity index (χ3n) is 2.71. The molecule has 1 aromatic rings. The Hall–Kier alpha value is -1.55. The summed E-state index contributed by atoms with van der Waals surface area (Å²) >= 11 is 0. The van der Waals surface area contributed by atoms with Gasteiger partial charge in [-0.05, 0) is 43.1 Å². The first kappa shape index (κ1) is 16.5. The molecule has 0 saturated carbocycles. The van der Waals surface area contributed by atoms with Gasteiger partial charge < -0.3 is 15.4 Å². The summed E-state index contributed by atoms with van der Waals surface area (Å²) in [5, 5.41) is 6.13. The lowest BCUT2D eigenvalue weighted by Gasteiger charge is -2.09. The summed E-state index contributed by atoms with van der Waals surface area (Å²) < 4.78 is 5.59. The number of hydrogen-bond acceptors (Lipinski definition) is 3. The smallest absolute Gasteiger partial charge is 0.251 e. The predicted molar refractivity (Wildman–Crippen MR) is 82.3 cm³/mol. The molecule has 4 nitrogen and oxygen atoms in total. The van der Waals surface area contributed by atoms with Gasteiger partial charge in [-0.25, -0.2) is 0 Å². The molecule has 1 amide bonds. The van der Waals surface area contributed by atoms with Crippen molar-refractivity contribution in [1.82, 2.24) is 10.6 Å². The lowest BCUT2D eigenvalue weighted by Crippen LogP contribution is -2.32. The first-order valence-electron chi connectivity index (χ1n) is 7.35. The number of carbonyl (C=O) groups is 1. The quantitative estimate of drug-likeness (QED) is 0.682. The van der Waals surface area contributed by atoms with E-state index in [-0.39, 0.29) is 5.91 Å². The van der Waals surface area contributed by atoms with Crippen molar-refractivity contribution in [2.24, 2.45) is 5.92 Å². The molecule has 4 heteroatoms. The van der Waals surface area contributed by atoms with E-state index in [1.165, 1.54) is 0 Å². The van der Waals surface area contributed by atoms with Crippen LogP contribution in [0.4, 0.5) is 0 Å². The fourth-order valence-electron chi connectivity index (χ4n) is 1.63. The lowest BCUT2D eigenvalue weighted by molar-refractivity contribution is 0.0954. The summed E-state index contributed by atoms with van der Waals surface area (Å²) in [6.45, 7) is 9.45. The van der Waals surface area contributed by atoms with Crippen LogP contribution in [0, 0.1) is 5.92 Å². The van der Waals surface area contributed by atoms with E-state index in [0.717, 1.165) is 25.3 Å². The van der Waals surface area contributed by atoms with Crippen LogP contribution in [0.3, 0.4) is 0 Å². The zero-order chi connectivity index (χ0) is 14.8. The van der Waals surface area contributed by atoms with Crippen LogP contribution >= 0.6 is 0 Å². The predicted octanol–water partition coefficient (Wildman–Crippen LogP) is 2.45. The summed E-state index contributed by atoms with van der Waals surface area (Å²) in [4.78, 5) is 11.9. The Labute approximate surface area is 121 Å². The third-order valence-corrected chi connectivity index (χ3v) is 2.71. The van der Waals surface area contributed by atoms with Crippen molar-refractivity contribution in [3.63, 3.8) is 0 Å². The van der Waals surface area contributed by atoms with Crippen molar-refractivity contribution in [3.05, 3.63) is 29.8 Å². The van der Waals surface area contributed by atoms with E-state index in [9.17, 15) is 4.79 Å². The van der Waals surface area contributed by atoms with Crippen molar-refractivity contribution < 1.29 is 9.53 Å². The average Bonchev–Trinajstić information content (AvgIpc) is 2.45. The Balaban J connectivity index is 2.33. The monoisotopic (exact) mass is 278 g/mol. The topological polar surface area (TPSA) is 50.4 Å². The molecule has 0 atom stereocenters. The molecule has 1 aromatic carbocycles. The maximum Gasteiger partial charge on any atom is 0.251 e. The van der Waals surface area contributed by atoms with Crippen LogP contribution in [0.1, 0.15) is 37.6 Å². The molecular formula is C16H26N2O2. The van der Waals surface area contributed by atoms with Crippen LogP contribution in [0.5, 0.6) is 5.75 Å². The second-order valence-electron chi connectivity index (χ2n) is 5.24. The van der Waals surface area contributed by atoms with E-state index in [2.05, 4.69) is 31.4 Å². The first-order valence-corrected chi connectivity index (χ1v) is 7.35. The molecule has 0 heterocycles. The molecule has 0 fully saturated rings. The van der Waals surface area contributed by atoms with E-state index in [1.807, 2.05) is 12.1 Å². The normalized spacial score (nSPS) is 10.6. The van der Waals surface area contributed by atoms with Gasteiger partial charge in [0, 0.05) is 18.7 Å². The van der Waals surface area contributed by atoms with Gasteiger partial charge in [0.15, 0.2) is 0 Å². The lowest BCUT2D eigenvalue weighted by atomic mass is 10.2. The summed E-state index contributed by atoms with van der Waals surface area (Å²) in [5.41, 5.74) is 0.664. The van der Waals surface area contributed by atoms with Gasteiger partial charge in [0.1, 0.15) is 5.75 Å². The summed E-state index contributed by atoms with van der Waals surface area (Å²) in [5.74, 6) is 1.26. The van der Waals surface area contributed by atoms with Crippen LogP contribution in [-0.2, 0) is 0 Å². The van der Waals surface area contributed by atoms with E-state index < -0.39 is 0 Å². The van der Waals surface area contributed by atoms with E-state index in [0.29, 0.717) is 24.6 Å². The van der Waals surface area contributed by atoms with Crippen LogP contribution in [0.15, 0.2) is 24.3 Å². The third kappa shape index (κ3) is 6.57. The fourth-order valence-corrected chi connectivity index (χ4v) is 1.63. The molecule has 0 saturated heterocycles. The maximum atomic E-state index is 11.9. The van der Waals surface area contributed by atoms with Crippen molar-refractivity contribution in [2.75, 3.05) is 26.2 Å². The summed E-state index contributed by atoms with van der Waals surface area (Å²) in [6.07, 6.45) is 1.10. The molecule has 0 aromatic heterocycles. The molecule has 2 N–H and O–H groups in total. The van der Waals surface area contributed by atoms with Crippen LogP contribution in [0.25, 0.3) is 0 Å². The Morgan fingerprint density at radius 1 is 1.15 bits per heavy atom. The minimum absolute atomic E-state index is 0.0429. The number of hydrogen-bond donors (Lipinski definition) is 2. The highest BCUT2D eigenvalue weighted by Crippen LogP contribution is 2.13. The highest BCUT2D eigenvalue weighted by Gasteiger charge is 2.05. The zero-order valence-corrected chi connectivity index (χ0v) is 12.7. The maximum absolute atomic E-state index is 11.9. The molecule has 0 aliphatic rings. The van der Waals surface area contributed by atoms with Gasteiger partial charge in [-0.3, -0.25) is 4.79 Å². The molecule has 0 aliphatic heterocycles. The number of amides is 1. The number of ether oxygens (including phenoxy) is 1. The zero-order valence-electron chi connectivity index (χ0n) is 12.7. The van der Waals surface area contributed by atoms with Gasteiger partial charge in [-0.2, -0.15) is 0 Å². The van der Waals surface area contributed by atoms with Crippen molar-refractivity contribution >= 4 is 5.91 Å². The minimum Gasteiger partial charge on any atom is -0.493 e. The molecule has 0 spiro atoms. The van der Waals surface area contributed by atoms with Gasteiger partial charge >= 0.3 is 0 Å². The number of rotatable bonds is 9. The molecule has 1 rings (SSSR count). The Kier molecular flexibility index (Phi) is 7.73. The van der Waals surface area contributed by atoms with Gasteiger partial charge in [-0.15, -0.1) is 0 Å². The van der Waals surface area contributed by atoms with E-state index >= 15 is 0 Å². The standard InChI is InChI=1S/C16H26N2O2/c1-4-9-17-10-11-18-16(19)14-5-7-15(8-6-14)20-12-13(2)3/h5-8,13,17H,4,9-12H2,1-3H3,(H,18,19). The molecule has 112 valence electrons. The molecular weight excluding hydrogens is 252 g/mol.